The van der Waals surface area contributed by atoms with Crippen molar-refractivity contribution in [2.75, 3.05) is 18.9 Å². The first-order valence-electron chi connectivity index (χ1n) is 7.65. The van der Waals surface area contributed by atoms with Crippen molar-refractivity contribution in [3.8, 4) is 11.4 Å². The van der Waals surface area contributed by atoms with Gasteiger partial charge in [0.25, 0.3) is 0 Å². The first-order chi connectivity index (χ1) is 11.6. The SMILES string of the molecule is CC(C)OCCCNC(=O)CSc1nnnn1-c1ccc(O)cc1. The smallest absolute Gasteiger partial charge is 0.230 e. The number of thioether (sulfide) groups is 1. The minimum absolute atomic E-state index is 0.0789. The molecule has 1 heterocycles. The molecule has 130 valence electrons. The van der Waals surface area contributed by atoms with Gasteiger partial charge in [0.15, 0.2) is 0 Å². The Labute approximate surface area is 144 Å². The number of carbonyl (C=O) groups excluding carboxylic acids is 1. The quantitative estimate of drug-likeness (QED) is 0.520. The first kappa shape index (κ1) is 18.2. The largest absolute Gasteiger partial charge is 0.508 e. The van der Waals surface area contributed by atoms with Gasteiger partial charge in [-0.25, -0.2) is 0 Å². The normalized spacial score (nSPS) is 11.0. The van der Waals surface area contributed by atoms with Crippen LogP contribution in [0.5, 0.6) is 5.75 Å². The summed E-state index contributed by atoms with van der Waals surface area (Å²) in [5.41, 5.74) is 0.714. The predicted molar refractivity (Wildman–Crippen MR) is 90.3 cm³/mol. The molecule has 0 radical (unpaired) electrons. The highest BCUT2D eigenvalue weighted by Gasteiger charge is 2.11. The van der Waals surface area contributed by atoms with Gasteiger partial charge in [-0.05, 0) is 55.0 Å². The van der Waals surface area contributed by atoms with Crippen molar-refractivity contribution in [1.29, 1.82) is 0 Å². The first-order valence-corrected chi connectivity index (χ1v) is 8.63. The number of phenols is 1. The Balaban J connectivity index is 1.77. The van der Waals surface area contributed by atoms with Crippen LogP contribution in [0.3, 0.4) is 0 Å². The summed E-state index contributed by atoms with van der Waals surface area (Å²) in [5, 5.41) is 24.1. The molecule has 2 aromatic rings. The van der Waals surface area contributed by atoms with Crippen molar-refractivity contribution in [1.82, 2.24) is 25.5 Å². The average Bonchev–Trinajstić information content (AvgIpc) is 3.01. The summed E-state index contributed by atoms with van der Waals surface area (Å²) in [6, 6.07) is 6.50. The molecule has 0 saturated heterocycles. The summed E-state index contributed by atoms with van der Waals surface area (Å²) in [5.74, 6) is 0.315. The number of carbonyl (C=O) groups is 1. The fraction of sp³-hybridized carbons (Fsp3) is 0.467. The van der Waals surface area contributed by atoms with E-state index in [4.69, 9.17) is 4.74 Å². The molecule has 0 atom stereocenters. The third-order valence-corrected chi connectivity index (χ3v) is 3.88. The minimum atomic E-state index is -0.0789. The summed E-state index contributed by atoms with van der Waals surface area (Å²) in [4.78, 5) is 11.8. The molecule has 1 aromatic carbocycles. The highest BCUT2D eigenvalue weighted by atomic mass is 32.2. The van der Waals surface area contributed by atoms with Crippen LogP contribution >= 0.6 is 11.8 Å². The summed E-state index contributed by atoms with van der Waals surface area (Å²) in [6.07, 6.45) is 0.981. The maximum Gasteiger partial charge on any atom is 0.230 e. The number of aromatic nitrogens is 4. The Hall–Kier alpha value is -2.13. The van der Waals surface area contributed by atoms with Gasteiger partial charge in [0, 0.05) is 13.2 Å². The molecular weight excluding hydrogens is 330 g/mol. The lowest BCUT2D eigenvalue weighted by atomic mass is 10.3. The summed E-state index contributed by atoms with van der Waals surface area (Å²) in [6.45, 7) is 5.17. The third-order valence-electron chi connectivity index (χ3n) is 2.96. The molecule has 8 nitrogen and oxygen atoms in total. The van der Waals surface area contributed by atoms with E-state index in [1.165, 1.54) is 16.4 Å². The molecular formula is C15H21N5O3S. The highest BCUT2D eigenvalue weighted by molar-refractivity contribution is 7.99. The number of nitrogens with zero attached hydrogens (tertiary/aromatic N) is 4. The number of ether oxygens (including phenoxy) is 1. The molecule has 0 spiro atoms. The minimum Gasteiger partial charge on any atom is -0.508 e. The molecule has 0 aliphatic rings. The number of aromatic hydroxyl groups is 1. The maximum absolute atomic E-state index is 11.8. The zero-order valence-electron chi connectivity index (χ0n) is 13.7. The Kier molecular flexibility index (Phi) is 7.01. The molecule has 2 rings (SSSR count). The van der Waals surface area contributed by atoms with Crippen LogP contribution < -0.4 is 5.32 Å². The molecule has 1 aromatic heterocycles. The van der Waals surface area contributed by atoms with Gasteiger partial charge in [0.05, 0.1) is 17.5 Å². The van der Waals surface area contributed by atoms with Crippen LogP contribution in [0.15, 0.2) is 29.4 Å². The van der Waals surface area contributed by atoms with Crippen molar-refractivity contribution in [3.05, 3.63) is 24.3 Å². The predicted octanol–water partition coefficient (Wildman–Crippen LogP) is 1.39. The lowest BCUT2D eigenvalue weighted by molar-refractivity contribution is -0.118. The average molecular weight is 351 g/mol. The van der Waals surface area contributed by atoms with Crippen molar-refractivity contribution >= 4 is 17.7 Å². The second kappa shape index (κ2) is 9.24. The molecule has 1 amide bonds. The van der Waals surface area contributed by atoms with Crippen molar-refractivity contribution in [2.24, 2.45) is 0 Å². The van der Waals surface area contributed by atoms with Gasteiger partial charge >= 0.3 is 0 Å². The van der Waals surface area contributed by atoms with Crippen molar-refractivity contribution < 1.29 is 14.6 Å². The van der Waals surface area contributed by atoms with Crippen LogP contribution in [-0.4, -0.2) is 56.2 Å². The van der Waals surface area contributed by atoms with Gasteiger partial charge < -0.3 is 15.2 Å². The molecule has 2 N–H and O–H groups in total. The van der Waals surface area contributed by atoms with E-state index in [1.807, 2.05) is 13.8 Å². The number of hydrogen-bond donors (Lipinski definition) is 2. The third kappa shape index (κ3) is 5.82. The number of hydrogen-bond acceptors (Lipinski definition) is 7. The van der Waals surface area contributed by atoms with E-state index in [2.05, 4.69) is 20.8 Å². The second-order valence-electron chi connectivity index (χ2n) is 5.30. The molecule has 9 heteroatoms. The number of rotatable bonds is 9. The van der Waals surface area contributed by atoms with Gasteiger partial charge in [-0.2, -0.15) is 4.68 Å². The molecule has 0 fully saturated rings. The highest BCUT2D eigenvalue weighted by Crippen LogP contribution is 2.19. The van der Waals surface area contributed by atoms with Crippen LogP contribution in [-0.2, 0) is 9.53 Å². The van der Waals surface area contributed by atoms with Crippen LogP contribution in [0.2, 0.25) is 0 Å². The maximum atomic E-state index is 11.8. The summed E-state index contributed by atoms with van der Waals surface area (Å²) < 4.78 is 6.93. The monoisotopic (exact) mass is 351 g/mol. The van der Waals surface area contributed by atoms with Crippen LogP contribution in [0, 0.1) is 0 Å². The fourth-order valence-electron chi connectivity index (χ4n) is 1.82. The number of benzene rings is 1. The number of nitrogens with one attached hydrogen (secondary N) is 1. The van der Waals surface area contributed by atoms with Gasteiger partial charge in [-0.3, -0.25) is 4.79 Å². The van der Waals surface area contributed by atoms with E-state index in [-0.39, 0.29) is 23.5 Å². The second-order valence-corrected chi connectivity index (χ2v) is 6.24. The molecule has 0 bridgehead atoms. The number of amides is 1. The number of phenolic OH excluding ortho intramolecular Hbond substituents is 1. The molecule has 0 aliphatic carbocycles. The van der Waals surface area contributed by atoms with E-state index >= 15 is 0 Å². The van der Waals surface area contributed by atoms with Gasteiger partial charge in [0.2, 0.25) is 11.1 Å². The lowest BCUT2D eigenvalue weighted by Crippen LogP contribution is -2.27. The summed E-state index contributed by atoms with van der Waals surface area (Å²) in [7, 11) is 0. The number of tetrazole rings is 1. The van der Waals surface area contributed by atoms with E-state index < -0.39 is 0 Å². The van der Waals surface area contributed by atoms with Gasteiger partial charge in [-0.15, -0.1) is 5.10 Å². The Morgan fingerprint density at radius 3 is 2.83 bits per heavy atom. The zero-order valence-corrected chi connectivity index (χ0v) is 14.5. The van der Waals surface area contributed by atoms with Crippen molar-refractivity contribution in [2.45, 2.75) is 31.5 Å². The van der Waals surface area contributed by atoms with Gasteiger partial charge in [0.1, 0.15) is 5.75 Å². The fourth-order valence-corrected chi connectivity index (χ4v) is 2.55. The van der Waals surface area contributed by atoms with E-state index in [9.17, 15) is 9.90 Å². The van der Waals surface area contributed by atoms with Gasteiger partial charge in [-0.1, -0.05) is 11.8 Å². The molecule has 0 aliphatic heterocycles. The Morgan fingerprint density at radius 2 is 2.12 bits per heavy atom. The zero-order chi connectivity index (χ0) is 17.4. The molecule has 0 saturated carbocycles. The Bertz CT molecular complexity index is 645. The lowest BCUT2D eigenvalue weighted by Gasteiger charge is -2.08. The Morgan fingerprint density at radius 1 is 1.38 bits per heavy atom. The van der Waals surface area contributed by atoms with Crippen LogP contribution in [0.25, 0.3) is 5.69 Å². The standard InChI is InChI=1S/C15H21N5O3S/c1-11(2)23-9-3-8-16-14(22)10-24-15-17-18-19-20(15)12-4-6-13(21)7-5-12/h4-7,11,21H,3,8-10H2,1-2H3,(H,16,22). The van der Waals surface area contributed by atoms with E-state index in [1.54, 1.807) is 24.3 Å². The van der Waals surface area contributed by atoms with Crippen LogP contribution in [0.1, 0.15) is 20.3 Å². The van der Waals surface area contributed by atoms with Crippen molar-refractivity contribution in [3.63, 3.8) is 0 Å². The summed E-state index contributed by atoms with van der Waals surface area (Å²) >= 11 is 1.25. The van der Waals surface area contributed by atoms with E-state index in [0.29, 0.717) is 24.0 Å². The topological polar surface area (TPSA) is 102 Å². The van der Waals surface area contributed by atoms with Crippen LogP contribution in [0.4, 0.5) is 0 Å². The molecule has 0 unspecified atom stereocenters. The van der Waals surface area contributed by atoms with E-state index in [0.717, 1.165) is 6.42 Å². The molecule has 24 heavy (non-hydrogen) atoms.